The summed E-state index contributed by atoms with van der Waals surface area (Å²) in [7, 11) is 0. The predicted octanol–water partition coefficient (Wildman–Crippen LogP) is 9.03. The summed E-state index contributed by atoms with van der Waals surface area (Å²) in [6.07, 6.45) is 29.3. The third kappa shape index (κ3) is 7.40. The molecular weight excluding hydrogens is 332 g/mol. The maximum atomic E-state index is 2.40. The van der Waals surface area contributed by atoms with Gasteiger partial charge < -0.3 is 0 Å². The van der Waals surface area contributed by atoms with E-state index in [4.69, 9.17) is 0 Å². The van der Waals surface area contributed by atoms with Crippen LogP contribution in [0, 0.1) is 17.8 Å². The van der Waals surface area contributed by atoms with Gasteiger partial charge >= 0.3 is 0 Å². The Labute approximate surface area is 170 Å². The Morgan fingerprint density at radius 2 is 1.27 bits per heavy atom. The Morgan fingerprint density at radius 1 is 0.692 bits per heavy atom. The van der Waals surface area contributed by atoms with E-state index in [0.717, 1.165) is 17.8 Å². The number of unbranched alkanes of at least 4 members (excludes halogenated alkanes) is 6. The first kappa shape index (κ1) is 22.6. The van der Waals surface area contributed by atoms with Gasteiger partial charge in [0.05, 0.1) is 0 Å². The maximum absolute atomic E-state index is 2.40. The summed E-state index contributed by atoms with van der Waals surface area (Å²) >= 11 is 2.22. The molecule has 0 spiro atoms. The van der Waals surface area contributed by atoms with Crippen LogP contribution in [0.3, 0.4) is 0 Å². The van der Waals surface area contributed by atoms with E-state index in [2.05, 4.69) is 31.9 Å². The van der Waals surface area contributed by atoms with Crippen LogP contribution < -0.4 is 0 Å². The lowest BCUT2D eigenvalue weighted by Gasteiger charge is -2.43. The summed E-state index contributed by atoms with van der Waals surface area (Å²) in [5.41, 5.74) is 0. The molecule has 0 nitrogen and oxygen atoms in total. The van der Waals surface area contributed by atoms with Gasteiger partial charge in [-0.25, -0.2) is 0 Å². The highest BCUT2D eigenvalue weighted by molar-refractivity contribution is 8.00. The Balaban J connectivity index is 1.65. The van der Waals surface area contributed by atoms with Crippen LogP contribution in [0.25, 0.3) is 0 Å². The van der Waals surface area contributed by atoms with Crippen LogP contribution in [0.15, 0.2) is 0 Å². The quantitative estimate of drug-likeness (QED) is 0.304. The predicted molar refractivity (Wildman–Crippen MR) is 121 cm³/mol. The smallest absolute Gasteiger partial charge is 0.0157 e. The molecule has 0 bridgehead atoms. The van der Waals surface area contributed by atoms with Gasteiger partial charge in [0.1, 0.15) is 0 Å². The first-order chi connectivity index (χ1) is 12.7. The summed E-state index contributed by atoms with van der Waals surface area (Å²) in [6.45, 7) is 4.66. The lowest BCUT2D eigenvalue weighted by atomic mass is 9.68. The zero-order chi connectivity index (χ0) is 18.7. The fraction of sp³-hybridized carbons (Fsp3) is 1.00. The van der Waals surface area contributed by atoms with Gasteiger partial charge in [-0.15, -0.1) is 0 Å². The molecule has 2 fully saturated rings. The van der Waals surface area contributed by atoms with E-state index < -0.39 is 0 Å². The third-order valence-electron chi connectivity index (χ3n) is 7.88. The van der Waals surface area contributed by atoms with Crippen LogP contribution in [0.5, 0.6) is 0 Å². The highest BCUT2D eigenvalue weighted by atomic mass is 32.2. The molecule has 2 saturated carbocycles. The van der Waals surface area contributed by atoms with Gasteiger partial charge in [0.25, 0.3) is 0 Å². The van der Waals surface area contributed by atoms with Crippen molar-refractivity contribution in [2.45, 2.75) is 134 Å². The molecule has 2 rings (SSSR count). The Bertz CT molecular complexity index is 334. The highest BCUT2D eigenvalue weighted by Crippen LogP contribution is 2.48. The van der Waals surface area contributed by atoms with Gasteiger partial charge in [0.15, 0.2) is 0 Å². The van der Waals surface area contributed by atoms with E-state index in [9.17, 15) is 0 Å². The second kappa shape index (κ2) is 12.7. The van der Waals surface area contributed by atoms with Crippen molar-refractivity contribution in [1.82, 2.24) is 0 Å². The van der Waals surface area contributed by atoms with E-state index in [0.29, 0.717) is 4.75 Å². The molecule has 0 aromatic rings. The molecule has 0 aromatic heterocycles. The second-order valence-electron chi connectivity index (χ2n) is 9.67. The molecule has 2 aliphatic rings. The van der Waals surface area contributed by atoms with E-state index in [1.165, 1.54) is 77.0 Å². The highest BCUT2D eigenvalue weighted by Gasteiger charge is 2.37. The van der Waals surface area contributed by atoms with Gasteiger partial charge in [-0.1, -0.05) is 84.5 Å². The van der Waals surface area contributed by atoms with E-state index in [1.54, 1.807) is 38.5 Å². The van der Waals surface area contributed by atoms with E-state index >= 15 is 0 Å². The van der Waals surface area contributed by atoms with Gasteiger partial charge in [-0.05, 0) is 69.0 Å². The van der Waals surface area contributed by atoms with Crippen molar-refractivity contribution in [2.75, 3.05) is 6.26 Å². The van der Waals surface area contributed by atoms with Gasteiger partial charge in [-0.2, -0.15) is 11.8 Å². The van der Waals surface area contributed by atoms with Crippen molar-refractivity contribution in [3.05, 3.63) is 0 Å². The molecule has 0 N–H and O–H groups in total. The monoisotopic (exact) mass is 380 g/mol. The van der Waals surface area contributed by atoms with E-state index in [1.807, 2.05) is 0 Å². The summed E-state index contributed by atoms with van der Waals surface area (Å²) in [5.74, 6) is 3.24. The van der Waals surface area contributed by atoms with Gasteiger partial charge in [-0.3, -0.25) is 0 Å². The lowest BCUT2D eigenvalue weighted by Crippen LogP contribution is -2.34. The molecule has 0 amide bonds. The number of hydrogen-bond acceptors (Lipinski definition) is 1. The van der Waals surface area contributed by atoms with Gasteiger partial charge in [0, 0.05) is 4.75 Å². The summed E-state index contributed by atoms with van der Waals surface area (Å²) < 4.78 is 0.653. The SMILES string of the molecule is CCCCCCCC1(SC)CCC(C2CCC(CCCCC)CC2)CC1. The lowest BCUT2D eigenvalue weighted by molar-refractivity contribution is 0.148. The standard InChI is InChI=1S/C25H48S/c1-4-6-8-9-11-19-25(26-3)20-17-24(18-21-25)23-15-13-22(14-16-23)12-10-7-5-2/h22-24H,4-21H2,1-3H3. The van der Waals surface area contributed by atoms with Crippen LogP contribution in [-0.4, -0.2) is 11.0 Å². The average molecular weight is 381 g/mol. The first-order valence-electron chi connectivity index (χ1n) is 12.3. The molecular formula is C25H48S. The fourth-order valence-corrected chi connectivity index (χ4v) is 6.87. The summed E-state index contributed by atoms with van der Waals surface area (Å²) in [4.78, 5) is 0. The summed E-state index contributed by atoms with van der Waals surface area (Å²) in [5, 5.41) is 0. The molecule has 0 atom stereocenters. The normalized spacial score (nSPS) is 32.7. The summed E-state index contributed by atoms with van der Waals surface area (Å²) in [6, 6.07) is 0. The largest absolute Gasteiger partial charge is 0.159 e. The van der Waals surface area contributed by atoms with Crippen molar-refractivity contribution in [1.29, 1.82) is 0 Å². The van der Waals surface area contributed by atoms with Crippen molar-refractivity contribution in [3.63, 3.8) is 0 Å². The van der Waals surface area contributed by atoms with Gasteiger partial charge in [0.2, 0.25) is 0 Å². The molecule has 0 unspecified atom stereocenters. The second-order valence-corrected chi connectivity index (χ2v) is 10.9. The van der Waals surface area contributed by atoms with Crippen molar-refractivity contribution < 1.29 is 0 Å². The van der Waals surface area contributed by atoms with Crippen LogP contribution in [0.4, 0.5) is 0 Å². The Hall–Kier alpha value is 0.350. The zero-order valence-electron chi connectivity index (χ0n) is 18.4. The molecule has 0 aliphatic heterocycles. The molecule has 2 aliphatic carbocycles. The topological polar surface area (TPSA) is 0 Å². The molecule has 26 heavy (non-hydrogen) atoms. The van der Waals surface area contributed by atoms with Crippen LogP contribution in [0.1, 0.15) is 129 Å². The minimum atomic E-state index is 0.653. The third-order valence-corrected chi connectivity index (χ3v) is 9.36. The Kier molecular flexibility index (Phi) is 11.1. The van der Waals surface area contributed by atoms with Crippen molar-refractivity contribution in [3.8, 4) is 0 Å². The number of rotatable bonds is 12. The van der Waals surface area contributed by atoms with Crippen molar-refractivity contribution >= 4 is 11.8 Å². The zero-order valence-corrected chi connectivity index (χ0v) is 19.2. The fourth-order valence-electron chi connectivity index (χ4n) is 5.88. The molecule has 0 radical (unpaired) electrons. The molecule has 154 valence electrons. The molecule has 1 heteroatoms. The molecule has 0 saturated heterocycles. The van der Waals surface area contributed by atoms with Crippen LogP contribution >= 0.6 is 11.8 Å². The molecule has 0 aromatic carbocycles. The van der Waals surface area contributed by atoms with E-state index in [-0.39, 0.29) is 0 Å². The molecule has 0 heterocycles. The van der Waals surface area contributed by atoms with Crippen molar-refractivity contribution in [2.24, 2.45) is 17.8 Å². The number of thioether (sulfide) groups is 1. The Morgan fingerprint density at radius 3 is 1.88 bits per heavy atom. The number of hydrogen-bond donors (Lipinski definition) is 0. The van der Waals surface area contributed by atoms with Crippen LogP contribution in [-0.2, 0) is 0 Å². The van der Waals surface area contributed by atoms with Crippen LogP contribution in [0.2, 0.25) is 0 Å². The maximum Gasteiger partial charge on any atom is 0.0157 e. The average Bonchev–Trinajstić information content (AvgIpc) is 2.69. The first-order valence-corrected chi connectivity index (χ1v) is 13.5. The minimum absolute atomic E-state index is 0.653. The minimum Gasteiger partial charge on any atom is -0.159 e.